The Morgan fingerprint density at radius 3 is 2.62 bits per heavy atom. The van der Waals surface area contributed by atoms with Gasteiger partial charge in [0, 0.05) is 44.2 Å². The molecule has 0 bridgehead atoms. The first kappa shape index (κ1) is 23.0. The van der Waals surface area contributed by atoms with E-state index in [1.54, 1.807) is 0 Å². The van der Waals surface area contributed by atoms with E-state index in [0.717, 1.165) is 40.4 Å². The van der Waals surface area contributed by atoms with E-state index in [4.69, 9.17) is 0 Å². The summed E-state index contributed by atoms with van der Waals surface area (Å²) in [6.07, 6.45) is 5.20. The van der Waals surface area contributed by atoms with Crippen LogP contribution >= 0.6 is 0 Å². The van der Waals surface area contributed by atoms with Crippen LogP contribution in [0.3, 0.4) is 0 Å². The van der Waals surface area contributed by atoms with Crippen molar-refractivity contribution in [3.05, 3.63) is 78.2 Å². The maximum atomic E-state index is 12.0. The van der Waals surface area contributed by atoms with Crippen LogP contribution in [0, 0.1) is 11.5 Å². The minimum Gasteiger partial charge on any atom is -0.512 e. The first-order valence-electron chi connectivity index (χ1n) is 9.64. The van der Waals surface area contributed by atoms with E-state index in [0.29, 0.717) is 6.42 Å². The minimum atomic E-state index is -0.471. The van der Waals surface area contributed by atoms with Gasteiger partial charge in [0.05, 0.1) is 5.76 Å². The number of ketones is 1. The summed E-state index contributed by atoms with van der Waals surface area (Å²) in [7, 11) is 0. The van der Waals surface area contributed by atoms with Gasteiger partial charge in [-0.2, -0.15) is 0 Å². The van der Waals surface area contributed by atoms with Crippen molar-refractivity contribution in [1.29, 1.82) is 0 Å². The van der Waals surface area contributed by atoms with Crippen molar-refractivity contribution < 1.29 is 30.0 Å². The second-order valence-corrected chi connectivity index (χ2v) is 8.07. The Kier molecular flexibility index (Phi) is 7.89. The normalized spacial score (nSPS) is 11.9. The third-order valence-corrected chi connectivity index (χ3v) is 4.70. The molecule has 1 radical (unpaired) electrons. The summed E-state index contributed by atoms with van der Waals surface area (Å²) >= 11 is 0. The molecule has 0 aliphatic rings. The number of allylic oxidation sites excluding steroid dienone is 2. The average Bonchev–Trinajstić information content (AvgIpc) is 2.67. The number of fused-ring (bicyclic) bond motifs is 1. The van der Waals surface area contributed by atoms with Crippen LogP contribution in [0.25, 0.3) is 22.0 Å². The van der Waals surface area contributed by atoms with Crippen molar-refractivity contribution in [3.63, 3.8) is 0 Å². The van der Waals surface area contributed by atoms with Crippen molar-refractivity contribution in [3.8, 4) is 11.3 Å². The zero-order chi connectivity index (χ0) is 20.1. The molecule has 1 aromatic heterocycles. The molecule has 0 spiro atoms. The molecule has 0 saturated carbocycles. The molecule has 0 amide bonds. The van der Waals surface area contributed by atoms with Crippen LogP contribution in [-0.4, -0.2) is 15.9 Å². The standard InChI is InChI=1S/C25H26NO2.Ir/c1-25(2,3)23(28)17-21(27)12-7-9-18-8-6-11-20(16-18)24-22-13-5-4-10-19(22)14-15-26-24;/h4-6,8,10-11,13-15,17,27H,7,9,12H2,1-3H3;/q-1;. The van der Waals surface area contributed by atoms with Gasteiger partial charge in [0.25, 0.3) is 0 Å². The van der Waals surface area contributed by atoms with Crippen LogP contribution in [0.15, 0.2) is 66.6 Å². The number of aromatic nitrogens is 1. The molecule has 153 valence electrons. The van der Waals surface area contributed by atoms with Gasteiger partial charge in [-0.25, -0.2) is 0 Å². The molecule has 1 N–H and O–H groups in total. The monoisotopic (exact) mass is 565 g/mol. The Bertz CT molecular complexity index is 1010. The fourth-order valence-corrected chi connectivity index (χ4v) is 3.03. The molecule has 3 nitrogen and oxygen atoms in total. The second kappa shape index (κ2) is 9.95. The molecule has 0 saturated heterocycles. The number of benzene rings is 2. The van der Waals surface area contributed by atoms with E-state index in [9.17, 15) is 9.90 Å². The van der Waals surface area contributed by atoms with Crippen LogP contribution in [0.1, 0.15) is 39.2 Å². The molecule has 0 atom stereocenters. The Labute approximate surface area is 186 Å². The van der Waals surface area contributed by atoms with E-state index in [-0.39, 0.29) is 31.6 Å². The number of aliphatic hydroxyl groups excluding tert-OH is 1. The number of carbonyl (C=O) groups excluding carboxylic acids is 1. The van der Waals surface area contributed by atoms with Crippen LogP contribution < -0.4 is 0 Å². The van der Waals surface area contributed by atoms with E-state index in [1.807, 2.05) is 63.4 Å². The largest absolute Gasteiger partial charge is 0.512 e. The number of pyridine rings is 1. The third-order valence-electron chi connectivity index (χ3n) is 4.70. The SMILES string of the molecule is CC(C)(C)C(=O)C=C(O)CCCc1[c-]c(-c2nccc3ccccc23)ccc1.[Ir]. The Morgan fingerprint density at radius 1 is 1.10 bits per heavy atom. The van der Waals surface area contributed by atoms with Crippen molar-refractivity contribution in [2.45, 2.75) is 40.0 Å². The minimum absolute atomic E-state index is 0. The number of hydrogen-bond acceptors (Lipinski definition) is 3. The Balaban J connectivity index is 0.00000300. The molecule has 1 heterocycles. The molecule has 0 fully saturated rings. The van der Waals surface area contributed by atoms with E-state index in [1.165, 1.54) is 6.08 Å². The molecule has 3 rings (SSSR count). The first-order chi connectivity index (χ1) is 13.3. The number of nitrogens with zero attached hydrogens (tertiary/aromatic N) is 1. The van der Waals surface area contributed by atoms with Crippen LogP contribution in [0.4, 0.5) is 0 Å². The zero-order valence-electron chi connectivity index (χ0n) is 17.0. The number of carbonyl (C=O) groups is 1. The smallest absolute Gasteiger partial charge is 0.164 e. The van der Waals surface area contributed by atoms with E-state index >= 15 is 0 Å². The second-order valence-electron chi connectivity index (χ2n) is 8.07. The zero-order valence-corrected chi connectivity index (χ0v) is 19.4. The molecule has 0 unspecified atom stereocenters. The Morgan fingerprint density at radius 2 is 1.86 bits per heavy atom. The summed E-state index contributed by atoms with van der Waals surface area (Å²) in [4.78, 5) is 16.5. The van der Waals surface area contributed by atoms with Gasteiger partial charge in [-0.05, 0) is 35.4 Å². The summed E-state index contributed by atoms with van der Waals surface area (Å²) in [6.45, 7) is 5.54. The van der Waals surface area contributed by atoms with Crippen molar-refractivity contribution in [2.75, 3.05) is 0 Å². The van der Waals surface area contributed by atoms with Gasteiger partial charge in [0.15, 0.2) is 5.78 Å². The molecular weight excluding hydrogens is 538 g/mol. The van der Waals surface area contributed by atoms with Gasteiger partial charge in [-0.15, -0.1) is 35.4 Å². The maximum Gasteiger partial charge on any atom is 0.164 e. The van der Waals surface area contributed by atoms with Crippen molar-refractivity contribution in [1.82, 2.24) is 4.98 Å². The van der Waals surface area contributed by atoms with Gasteiger partial charge < -0.3 is 10.1 Å². The fraction of sp³-hybridized carbons (Fsp3) is 0.280. The van der Waals surface area contributed by atoms with E-state index in [2.05, 4.69) is 23.2 Å². The van der Waals surface area contributed by atoms with Crippen molar-refractivity contribution >= 4 is 16.6 Å². The van der Waals surface area contributed by atoms with Crippen molar-refractivity contribution in [2.24, 2.45) is 5.41 Å². The number of rotatable bonds is 6. The summed E-state index contributed by atoms with van der Waals surface area (Å²) in [5.41, 5.74) is 2.50. The predicted molar refractivity (Wildman–Crippen MR) is 114 cm³/mol. The maximum absolute atomic E-state index is 12.0. The van der Waals surface area contributed by atoms with Gasteiger partial charge in [0.1, 0.15) is 0 Å². The molecular formula is C25H26IrNO2-. The number of aliphatic hydroxyl groups is 1. The molecule has 0 aliphatic heterocycles. The van der Waals surface area contributed by atoms with Crippen LogP contribution in [0.5, 0.6) is 0 Å². The molecule has 0 aliphatic carbocycles. The van der Waals surface area contributed by atoms with Gasteiger partial charge in [-0.1, -0.05) is 45.0 Å². The molecule has 4 heteroatoms. The van der Waals surface area contributed by atoms with Crippen LogP contribution in [0.2, 0.25) is 0 Å². The summed E-state index contributed by atoms with van der Waals surface area (Å²) < 4.78 is 0. The first-order valence-corrected chi connectivity index (χ1v) is 9.64. The van der Waals surface area contributed by atoms with Crippen LogP contribution in [-0.2, 0) is 31.3 Å². The third kappa shape index (κ3) is 6.09. The molecule has 2 aromatic carbocycles. The Hall–Kier alpha value is -2.29. The number of hydrogen-bond donors (Lipinski definition) is 1. The van der Waals surface area contributed by atoms with Gasteiger partial charge in [0.2, 0.25) is 0 Å². The summed E-state index contributed by atoms with van der Waals surface area (Å²) in [5.74, 6) is 0.0902. The van der Waals surface area contributed by atoms with E-state index < -0.39 is 5.41 Å². The topological polar surface area (TPSA) is 50.2 Å². The molecule has 3 aromatic rings. The fourth-order valence-electron chi connectivity index (χ4n) is 3.03. The van der Waals surface area contributed by atoms with Gasteiger partial charge in [-0.3, -0.25) is 4.79 Å². The summed E-state index contributed by atoms with van der Waals surface area (Å²) in [6, 6.07) is 19.8. The number of aryl methyl sites for hydroxylation is 1. The quantitative estimate of drug-likeness (QED) is 0.224. The summed E-state index contributed by atoms with van der Waals surface area (Å²) in [5, 5.41) is 12.3. The van der Waals surface area contributed by atoms with Gasteiger partial charge >= 0.3 is 0 Å². The molecule has 29 heavy (non-hydrogen) atoms. The average molecular weight is 565 g/mol. The predicted octanol–water partition coefficient (Wildman–Crippen LogP) is 6.08.